The van der Waals surface area contributed by atoms with E-state index in [-0.39, 0.29) is 62.5 Å². The number of hydrogen-bond donors (Lipinski definition) is 2. The zero-order chi connectivity index (χ0) is 31.1. The van der Waals surface area contributed by atoms with Crippen molar-refractivity contribution >= 4 is 23.3 Å². The van der Waals surface area contributed by atoms with E-state index in [9.17, 15) is 41.8 Å². The van der Waals surface area contributed by atoms with Crippen LogP contribution in [0.3, 0.4) is 0 Å². The van der Waals surface area contributed by atoms with Crippen LogP contribution >= 0.6 is 0 Å². The van der Waals surface area contributed by atoms with E-state index in [0.29, 0.717) is 37.8 Å². The molecule has 3 heterocycles. The minimum Gasteiger partial charge on any atom is -0.478 e. The lowest BCUT2D eigenvalue weighted by Gasteiger charge is -2.47. The SMILES string of the molecule is CC1CN(C2CC[C@](O)(C(=O)N3CCN(c4cc(F)cc(C(F)(F)F)c4)CC3)OC2)CCN1c1ccc(F)c(C(=O)O)c1. The van der Waals surface area contributed by atoms with Crippen molar-refractivity contribution in [2.75, 3.05) is 62.2 Å². The average molecular weight is 613 g/mol. The van der Waals surface area contributed by atoms with Crippen molar-refractivity contribution in [1.29, 1.82) is 0 Å². The lowest BCUT2D eigenvalue weighted by atomic mass is 9.98. The Labute approximate surface area is 245 Å². The zero-order valence-electron chi connectivity index (χ0n) is 23.5. The summed E-state index contributed by atoms with van der Waals surface area (Å²) in [5.41, 5.74) is -0.781. The Balaban J connectivity index is 1.13. The number of benzene rings is 2. The number of aromatic carboxylic acids is 1. The number of piperazine rings is 2. The Morgan fingerprint density at radius 3 is 2.30 bits per heavy atom. The number of rotatable bonds is 5. The van der Waals surface area contributed by atoms with Crippen molar-refractivity contribution in [2.45, 2.75) is 43.8 Å². The fourth-order valence-electron chi connectivity index (χ4n) is 6.10. The van der Waals surface area contributed by atoms with Crippen LogP contribution in [0.2, 0.25) is 0 Å². The van der Waals surface area contributed by atoms with Gasteiger partial charge in [0.05, 0.1) is 17.7 Å². The lowest BCUT2D eigenvalue weighted by molar-refractivity contribution is -0.239. The molecular formula is C29H33F5N4O5. The van der Waals surface area contributed by atoms with Gasteiger partial charge in [0.2, 0.25) is 5.79 Å². The van der Waals surface area contributed by atoms with Crippen molar-refractivity contribution in [3.8, 4) is 0 Å². The van der Waals surface area contributed by atoms with Crippen LogP contribution in [-0.2, 0) is 15.7 Å². The monoisotopic (exact) mass is 612 g/mol. The van der Waals surface area contributed by atoms with Crippen LogP contribution in [0, 0.1) is 11.6 Å². The summed E-state index contributed by atoms with van der Waals surface area (Å²) >= 11 is 0. The van der Waals surface area contributed by atoms with Crippen LogP contribution < -0.4 is 9.80 Å². The van der Waals surface area contributed by atoms with Crippen molar-refractivity contribution in [1.82, 2.24) is 9.80 Å². The maximum atomic E-state index is 13.9. The summed E-state index contributed by atoms with van der Waals surface area (Å²) in [6, 6.07) is 6.30. The highest BCUT2D eigenvalue weighted by atomic mass is 19.4. The summed E-state index contributed by atoms with van der Waals surface area (Å²) in [6.07, 6.45) is -4.14. The second kappa shape index (κ2) is 11.9. The number of amides is 1. The van der Waals surface area contributed by atoms with Gasteiger partial charge in [0, 0.05) is 75.7 Å². The fraction of sp³-hybridized carbons (Fsp3) is 0.517. The average Bonchev–Trinajstić information content (AvgIpc) is 2.97. The summed E-state index contributed by atoms with van der Waals surface area (Å²) in [7, 11) is 0. The first-order valence-electron chi connectivity index (χ1n) is 14.1. The standard InChI is InChI=1S/C29H33F5N4O5/c1-18-16-37(10-11-38(18)21-2-3-25(31)24(15-21)26(39)40)22-4-5-28(42,43-17-22)27(41)36-8-6-35(7-9-36)23-13-19(29(32,33)34)12-20(30)14-23/h2-3,12-15,18,22,42H,4-11,16-17H2,1H3,(H,39,40)/t18?,22?,28-/m1/s1. The molecule has 0 spiro atoms. The number of alkyl halides is 3. The van der Waals surface area contributed by atoms with Crippen LogP contribution in [0.1, 0.15) is 35.7 Å². The van der Waals surface area contributed by atoms with E-state index in [1.54, 1.807) is 11.0 Å². The third kappa shape index (κ3) is 6.55. The van der Waals surface area contributed by atoms with Gasteiger partial charge in [-0.05, 0) is 49.7 Å². The number of carboxylic acids is 1. The van der Waals surface area contributed by atoms with Gasteiger partial charge in [-0.1, -0.05) is 0 Å². The number of carboxylic acid groups (broad SMARTS) is 1. The number of halogens is 5. The van der Waals surface area contributed by atoms with Gasteiger partial charge in [-0.2, -0.15) is 13.2 Å². The number of hydrogen-bond acceptors (Lipinski definition) is 7. The third-order valence-corrected chi connectivity index (χ3v) is 8.49. The molecule has 0 aromatic heterocycles. The molecule has 3 aliphatic rings. The fourth-order valence-corrected chi connectivity index (χ4v) is 6.10. The second-order valence-corrected chi connectivity index (χ2v) is 11.3. The number of carbonyl (C=O) groups excluding carboxylic acids is 1. The van der Waals surface area contributed by atoms with Gasteiger partial charge in [0.1, 0.15) is 11.6 Å². The molecule has 1 amide bonds. The molecule has 234 valence electrons. The highest BCUT2D eigenvalue weighted by molar-refractivity contribution is 5.89. The molecule has 0 bridgehead atoms. The Hall–Kier alpha value is -3.49. The Morgan fingerprint density at radius 2 is 1.70 bits per heavy atom. The van der Waals surface area contributed by atoms with Crippen molar-refractivity contribution in [3.63, 3.8) is 0 Å². The Kier molecular flexibility index (Phi) is 8.56. The highest BCUT2D eigenvalue weighted by Gasteiger charge is 2.46. The molecule has 2 N–H and O–H groups in total. The third-order valence-electron chi connectivity index (χ3n) is 8.49. The largest absolute Gasteiger partial charge is 0.478 e. The number of anilines is 2. The lowest BCUT2D eigenvalue weighted by Crippen LogP contribution is -2.61. The number of aliphatic hydroxyl groups is 1. The second-order valence-electron chi connectivity index (χ2n) is 11.3. The van der Waals surface area contributed by atoms with E-state index in [1.807, 2.05) is 11.8 Å². The van der Waals surface area contributed by atoms with Gasteiger partial charge >= 0.3 is 12.1 Å². The van der Waals surface area contributed by atoms with Crippen LogP contribution in [0.25, 0.3) is 0 Å². The summed E-state index contributed by atoms with van der Waals surface area (Å²) in [4.78, 5) is 31.8. The topological polar surface area (TPSA) is 96.8 Å². The number of carbonyl (C=O) groups is 2. The summed E-state index contributed by atoms with van der Waals surface area (Å²) in [5.74, 6) is -5.75. The zero-order valence-corrected chi connectivity index (χ0v) is 23.5. The van der Waals surface area contributed by atoms with Gasteiger partial charge < -0.3 is 29.6 Å². The van der Waals surface area contributed by atoms with Crippen molar-refractivity contribution in [3.05, 3.63) is 59.2 Å². The van der Waals surface area contributed by atoms with E-state index in [0.717, 1.165) is 18.2 Å². The van der Waals surface area contributed by atoms with Crippen LogP contribution in [0.15, 0.2) is 36.4 Å². The molecule has 0 aliphatic carbocycles. The molecule has 14 heteroatoms. The smallest absolute Gasteiger partial charge is 0.416 e. The summed E-state index contributed by atoms with van der Waals surface area (Å²) < 4.78 is 72.8. The van der Waals surface area contributed by atoms with Gasteiger partial charge in [-0.25, -0.2) is 13.6 Å². The van der Waals surface area contributed by atoms with E-state index in [1.165, 1.54) is 11.0 Å². The van der Waals surface area contributed by atoms with Gasteiger partial charge in [0.25, 0.3) is 5.91 Å². The highest BCUT2D eigenvalue weighted by Crippen LogP contribution is 2.34. The van der Waals surface area contributed by atoms with Gasteiger partial charge in [0.15, 0.2) is 0 Å². The summed E-state index contributed by atoms with van der Waals surface area (Å²) in [5, 5.41) is 20.3. The predicted octanol–water partition coefficient (Wildman–Crippen LogP) is 3.41. The van der Waals surface area contributed by atoms with Crippen LogP contribution in [0.5, 0.6) is 0 Å². The van der Waals surface area contributed by atoms with Gasteiger partial charge in [-0.3, -0.25) is 9.69 Å². The first-order valence-corrected chi connectivity index (χ1v) is 14.1. The molecule has 3 saturated heterocycles. The van der Waals surface area contributed by atoms with E-state index >= 15 is 0 Å². The van der Waals surface area contributed by atoms with Crippen molar-refractivity contribution < 1.29 is 46.5 Å². The minimum atomic E-state index is -4.69. The first-order chi connectivity index (χ1) is 20.2. The predicted molar refractivity (Wildman–Crippen MR) is 146 cm³/mol. The molecule has 5 rings (SSSR count). The molecule has 9 nitrogen and oxygen atoms in total. The minimum absolute atomic E-state index is 0.0232. The number of nitrogens with zero attached hydrogens (tertiary/aromatic N) is 4. The molecule has 43 heavy (non-hydrogen) atoms. The van der Waals surface area contributed by atoms with Crippen LogP contribution in [0.4, 0.5) is 33.3 Å². The molecule has 3 fully saturated rings. The van der Waals surface area contributed by atoms with Gasteiger partial charge in [-0.15, -0.1) is 0 Å². The quantitative estimate of drug-likeness (QED) is 0.497. The normalized spacial score (nSPS) is 25.6. The van der Waals surface area contributed by atoms with E-state index < -0.39 is 41.0 Å². The summed E-state index contributed by atoms with van der Waals surface area (Å²) in [6.45, 7) is 4.44. The van der Waals surface area contributed by atoms with E-state index in [2.05, 4.69) is 4.90 Å². The molecule has 3 atom stereocenters. The molecule has 2 aromatic rings. The molecule has 2 unspecified atom stereocenters. The first kappa shape index (κ1) is 31.0. The van der Waals surface area contributed by atoms with Crippen LogP contribution in [-0.4, -0.2) is 102 Å². The van der Waals surface area contributed by atoms with Crippen molar-refractivity contribution in [2.24, 2.45) is 0 Å². The molecular weight excluding hydrogens is 579 g/mol. The molecule has 0 saturated carbocycles. The molecule has 2 aromatic carbocycles. The Bertz CT molecular complexity index is 1360. The Morgan fingerprint density at radius 1 is 0.977 bits per heavy atom. The molecule has 3 aliphatic heterocycles. The maximum absolute atomic E-state index is 13.9. The van der Waals surface area contributed by atoms with E-state index in [4.69, 9.17) is 4.74 Å². The number of ether oxygens (including phenoxy) is 1. The molecule has 0 radical (unpaired) electrons. The maximum Gasteiger partial charge on any atom is 0.416 e.